The van der Waals surface area contributed by atoms with E-state index in [0.29, 0.717) is 0 Å². The van der Waals surface area contributed by atoms with Gasteiger partial charge in [0, 0.05) is 52.8 Å². The second-order valence-corrected chi connectivity index (χ2v) is 14.2. The minimum Gasteiger partial charge on any atom is -0.456 e. The maximum absolute atomic E-state index is 6.50. The van der Waals surface area contributed by atoms with E-state index in [1.807, 2.05) is 35.6 Å². The monoisotopic (exact) mass is 675 g/mol. The largest absolute Gasteiger partial charge is 0.456 e. The molecule has 2 atom stereocenters. The molecule has 0 amide bonds. The number of para-hydroxylation sites is 1. The van der Waals surface area contributed by atoms with Crippen molar-refractivity contribution in [2.45, 2.75) is 12.3 Å². The number of rotatable bonds is 4. The summed E-state index contributed by atoms with van der Waals surface area (Å²) in [5.74, 6) is 0.828. The van der Waals surface area contributed by atoms with E-state index in [1.54, 1.807) is 0 Å². The molecule has 4 heterocycles. The Morgan fingerprint density at radius 2 is 1.22 bits per heavy atom. The maximum Gasteiger partial charge on any atom is 0.136 e. The molecule has 2 unspecified atom stereocenters. The average Bonchev–Trinajstić information content (AvgIpc) is 3.89. The highest BCUT2D eigenvalue weighted by molar-refractivity contribution is 7.26. The van der Waals surface area contributed by atoms with E-state index < -0.39 is 0 Å². The van der Waals surface area contributed by atoms with Crippen molar-refractivity contribution >= 4 is 81.2 Å². The van der Waals surface area contributed by atoms with Crippen LogP contribution in [0.1, 0.15) is 29.0 Å². The molecule has 0 radical (unpaired) electrons. The Kier molecular flexibility index (Phi) is 6.26. The van der Waals surface area contributed by atoms with Crippen molar-refractivity contribution in [3.8, 4) is 11.1 Å². The summed E-state index contributed by atoms with van der Waals surface area (Å²) in [6.45, 7) is 0. The van der Waals surface area contributed by atoms with E-state index in [0.717, 1.165) is 66.4 Å². The zero-order chi connectivity index (χ0) is 33.5. The normalized spacial score (nSPS) is 16.4. The number of hydrogen-bond acceptors (Lipinski definition) is 6. The summed E-state index contributed by atoms with van der Waals surface area (Å²) < 4.78 is 15.2. The van der Waals surface area contributed by atoms with Crippen molar-refractivity contribution < 1.29 is 8.83 Å². The first-order valence-electron chi connectivity index (χ1n) is 17.2. The molecule has 0 spiro atoms. The van der Waals surface area contributed by atoms with Gasteiger partial charge in [-0.05, 0) is 65.2 Å². The van der Waals surface area contributed by atoms with Gasteiger partial charge in [0.2, 0.25) is 0 Å². The molecule has 0 aliphatic carbocycles. The van der Waals surface area contributed by atoms with Gasteiger partial charge in [0.25, 0.3) is 0 Å². The Bertz CT molecular complexity index is 3010. The number of thiophene rings is 1. The summed E-state index contributed by atoms with van der Waals surface area (Å²) in [4.78, 5) is 5.32. The first kappa shape index (κ1) is 28.6. The zero-order valence-corrected chi connectivity index (χ0v) is 28.1. The Hall–Kier alpha value is -6.21. The second-order valence-electron chi connectivity index (χ2n) is 13.2. The van der Waals surface area contributed by atoms with Crippen LogP contribution >= 0.6 is 11.3 Å². The molecule has 6 heteroatoms. The van der Waals surface area contributed by atoms with Gasteiger partial charge in [-0.2, -0.15) is 0 Å². The Balaban J connectivity index is 1.08. The first-order valence-corrected chi connectivity index (χ1v) is 18.0. The van der Waals surface area contributed by atoms with Crippen LogP contribution in [-0.2, 0) is 0 Å². The molecular weight excluding hydrogens is 647 g/mol. The molecular formula is C45H29N3O2S. The predicted molar refractivity (Wildman–Crippen MR) is 210 cm³/mol. The van der Waals surface area contributed by atoms with Gasteiger partial charge in [-0.1, -0.05) is 103 Å². The number of furan rings is 2. The van der Waals surface area contributed by atoms with Crippen LogP contribution in [0.15, 0.2) is 165 Å². The third-order valence-corrected chi connectivity index (χ3v) is 11.4. The van der Waals surface area contributed by atoms with Gasteiger partial charge in [-0.15, -0.1) is 11.3 Å². The number of fused-ring (bicyclic) bond motifs is 9. The lowest BCUT2D eigenvalue weighted by Crippen LogP contribution is -2.44. The Labute approximate surface area is 296 Å². The quantitative estimate of drug-likeness (QED) is 0.195. The first-order chi connectivity index (χ1) is 25.2. The summed E-state index contributed by atoms with van der Waals surface area (Å²) >= 11 is 1.85. The molecule has 2 N–H and O–H groups in total. The number of aliphatic imine (C=N–C) groups is 1. The molecule has 0 saturated heterocycles. The summed E-state index contributed by atoms with van der Waals surface area (Å²) in [7, 11) is 0. The van der Waals surface area contributed by atoms with Crippen LogP contribution in [0, 0.1) is 0 Å². The minimum absolute atomic E-state index is 0.154. The number of amidine groups is 1. The van der Waals surface area contributed by atoms with E-state index in [-0.39, 0.29) is 12.3 Å². The smallest absolute Gasteiger partial charge is 0.136 e. The van der Waals surface area contributed by atoms with Crippen molar-refractivity contribution in [3.05, 3.63) is 168 Å². The summed E-state index contributed by atoms with van der Waals surface area (Å²) in [5, 5.41) is 14.4. The molecule has 5 nitrogen and oxygen atoms in total. The van der Waals surface area contributed by atoms with Crippen LogP contribution in [-0.4, -0.2) is 5.84 Å². The lowest BCUT2D eigenvalue weighted by molar-refractivity contribution is 0.409. The van der Waals surface area contributed by atoms with E-state index in [2.05, 4.69) is 138 Å². The summed E-state index contributed by atoms with van der Waals surface area (Å²) in [6, 6.07) is 53.2. The average molecular weight is 676 g/mol. The highest BCUT2D eigenvalue weighted by Crippen LogP contribution is 2.44. The number of hydrogen-bond donors (Lipinski definition) is 2. The maximum atomic E-state index is 6.50. The predicted octanol–water partition coefficient (Wildman–Crippen LogP) is 11.9. The molecule has 51 heavy (non-hydrogen) atoms. The van der Waals surface area contributed by atoms with Gasteiger partial charge >= 0.3 is 0 Å². The van der Waals surface area contributed by atoms with Gasteiger partial charge in [0.1, 0.15) is 40.5 Å². The standard InChI is InChI=1S/C45H29N3O2S/c1-2-10-26(11-3-1)43-46-44(27-20-22-37-34(24-27)29-12-4-6-17-36(29)49-37)48-45(47-43)28-21-23-38-35(25-28)41-31(14-9-18-39(41)50-38)33-16-8-15-32-30-13-5-7-19-40(30)51-42(32)33/h1-25,43,45,47H,(H,46,48). The third-order valence-electron chi connectivity index (χ3n) is 10.2. The molecule has 1 aliphatic heterocycles. The van der Waals surface area contributed by atoms with Crippen molar-refractivity contribution in [1.82, 2.24) is 10.6 Å². The third kappa shape index (κ3) is 4.54. The summed E-state index contributed by atoms with van der Waals surface area (Å²) in [5.41, 5.74) is 9.09. The van der Waals surface area contributed by atoms with Gasteiger partial charge in [0.05, 0.1) is 0 Å². The molecule has 7 aromatic carbocycles. The molecule has 242 valence electrons. The van der Waals surface area contributed by atoms with E-state index in [9.17, 15) is 0 Å². The van der Waals surface area contributed by atoms with Crippen LogP contribution in [0.5, 0.6) is 0 Å². The Morgan fingerprint density at radius 1 is 0.510 bits per heavy atom. The highest BCUT2D eigenvalue weighted by atomic mass is 32.1. The van der Waals surface area contributed by atoms with Gasteiger partial charge in [0.15, 0.2) is 0 Å². The van der Waals surface area contributed by atoms with Crippen molar-refractivity contribution in [1.29, 1.82) is 0 Å². The van der Waals surface area contributed by atoms with E-state index >= 15 is 0 Å². The molecule has 0 fully saturated rings. The highest BCUT2D eigenvalue weighted by Gasteiger charge is 2.27. The second kappa shape index (κ2) is 11.2. The van der Waals surface area contributed by atoms with E-state index in [1.165, 1.54) is 31.3 Å². The Morgan fingerprint density at radius 3 is 2.16 bits per heavy atom. The number of nitrogens with zero attached hydrogens (tertiary/aromatic N) is 1. The molecule has 0 bridgehead atoms. The summed E-state index contributed by atoms with van der Waals surface area (Å²) in [6.07, 6.45) is -0.464. The molecule has 3 aromatic heterocycles. The van der Waals surface area contributed by atoms with Crippen molar-refractivity contribution in [3.63, 3.8) is 0 Å². The van der Waals surface area contributed by atoms with Crippen LogP contribution in [0.25, 0.3) is 75.2 Å². The van der Waals surface area contributed by atoms with Crippen molar-refractivity contribution in [2.75, 3.05) is 0 Å². The van der Waals surface area contributed by atoms with Gasteiger partial charge < -0.3 is 14.2 Å². The van der Waals surface area contributed by atoms with Gasteiger partial charge in [-0.3, -0.25) is 5.32 Å². The lowest BCUT2D eigenvalue weighted by Gasteiger charge is -2.32. The van der Waals surface area contributed by atoms with Crippen LogP contribution in [0.3, 0.4) is 0 Å². The van der Waals surface area contributed by atoms with Gasteiger partial charge in [-0.25, -0.2) is 4.99 Å². The molecule has 1 aliphatic rings. The molecule has 11 rings (SSSR count). The van der Waals surface area contributed by atoms with Crippen LogP contribution in [0.4, 0.5) is 0 Å². The SMILES string of the molecule is c1ccc(C2NC(c3ccc4oc5ccccc5c4c3)=NC(c3ccc4oc5cccc(-c6cccc7c6sc6ccccc67)c5c4c3)N2)cc1. The number of nitrogens with one attached hydrogen (secondary N) is 2. The zero-order valence-electron chi connectivity index (χ0n) is 27.3. The molecule has 10 aromatic rings. The topological polar surface area (TPSA) is 62.7 Å². The lowest BCUT2D eigenvalue weighted by atomic mass is 9.97. The van der Waals surface area contributed by atoms with E-state index in [4.69, 9.17) is 13.8 Å². The van der Waals surface area contributed by atoms with Crippen molar-refractivity contribution in [2.24, 2.45) is 4.99 Å². The van der Waals surface area contributed by atoms with Crippen LogP contribution in [0.2, 0.25) is 0 Å². The fraction of sp³-hybridized carbons (Fsp3) is 0.0444. The van der Waals surface area contributed by atoms with Crippen LogP contribution < -0.4 is 10.6 Å². The number of benzene rings is 7. The fourth-order valence-electron chi connectivity index (χ4n) is 7.77. The minimum atomic E-state index is -0.309. The fourth-order valence-corrected chi connectivity index (χ4v) is 9.00. The molecule has 0 saturated carbocycles.